The molecule has 1 aliphatic rings. The second-order valence-corrected chi connectivity index (χ2v) is 6.77. The number of halogens is 2. The third kappa shape index (κ3) is 5.28. The van der Waals surface area contributed by atoms with Gasteiger partial charge < -0.3 is 15.5 Å². The van der Waals surface area contributed by atoms with Crippen molar-refractivity contribution in [3.05, 3.63) is 65.2 Å². The zero-order valence-corrected chi connectivity index (χ0v) is 15.5. The summed E-state index contributed by atoms with van der Waals surface area (Å²) in [7, 11) is 0. The van der Waals surface area contributed by atoms with Gasteiger partial charge in [0.1, 0.15) is 11.6 Å². The van der Waals surface area contributed by atoms with Crippen LogP contribution in [0.1, 0.15) is 35.2 Å². The molecule has 0 unspecified atom stereocenters. The Balaban J connectivity index is 1.39. The average Bonchev–Trinajstić information content (AvgIpc) is 3.21. The van der Waals surface area contributed by atoms with Gasteiger partial charge in [0, 0.05) is 44.4 Å². The number of nitrogens with zero attached hydrogens (tertiary/aromatic N) is 1. The Bertz CT molecular complexity index is 834. The minimum Gasteiger partial charge on any atom is -0.372 e. The molecular weight excluding hydrogens is 364 g/mol. The van der Waals surface area contributed by atoms with Crippen LogP contribution in [-0.2, 0) is 11.3 Å². The summed E-state index contributed by atoms with van der Waals surface area (Å²) >= 11 is 0. The maximum Gasteiger partial charge on any atom is 0.254 e. The van der Waals surface area contributed by atoms with Gasteiger partial charge in [-0.1, -0.05) is 12.1 Å². The van der Waals surface area contributed by atoms with E-state index >= 15 is 0 Å². The fourth-order valence-corrected chi connectivity index (χ4v) is 3.15. The number of rotatable bonds is 7. The highest BCUT2D eigenvalue weighted by molar-refractivity contribution is 5.94. The zero-order chi connectivity index (χ0) is 19.9. The predicted molar refractivity (Wildman–Crippen MR) is 103 cm³/mol. The van der Waals surface area contributed by atoms with Crippen LogP contribution < -0.4 is 15.5 Å². The smallest absolute Gasteiger partial charge is 0.254 e. The van der Waals surface area contributed by atoms with Crippen molar-refractivity contribution in [1.29, 1.82) is 0 Å². The molecule has 3 rings (SSSR count). The molecule has 0 bridgehead atoms. The van der Waals surface area contributed by atoms with Gasteiger partial charge in [-0.05, 0) is 42.7 Å². The molecule has 7 heteroatoms. The minimum absolute atomic E-state index is 0.0649. The summed E-state index contributed by atoms with van der Waals surface area (Å²) in [6.45, 7) is 2.64. The fourth-order valence-electron chi connectivity index (χ4n) is 3.15. The van der Waals surface area contributed by atoms with Gasteiger partial charge >= 0.3 is 0 Å². The molecule has 0 radical (unpaired) electrons. The quantitative estimate of drug-likeness (QED) is 0.768. The van der Waals surface area contributed by atoms with Gasteiger partial charge in [-0.2, -0.15) is 0 Å². The number of carbonyl (C=O) groups excluding carboxylic acids is 2. The van der Waals surface area contributed by atoms with E-state index in [1.807, 2.05) is 12.1 Å². The summed E-state index contributed by atoms with van der Waals surface area (Å²) in [6.07, 6.45) is 2.52. The molecule has 2 amide bonds. The number of anilines is 1. The van der Waals surface area contributed by atoms with Crippen molar-refractivity contribution < 1.29 is 18.4 Å². The largest absolute Gasteiger partial charge is 0.372 e. The summed E-state index contributed by atoms with van der Waals surface area (Å²) in [5.41, 5.74) is 1.94. The predicted octanol–water partition coefficient (Wildman–Crippen LogP) is 3.00. The molecule has 0 atom stereocenters. The first-order chi connectivity index (χ1) is 13.5. The van der Waals surface area contributed by atoms with Crippen molar-refractivity contribution in [2.45, 2.75) is 25.8 Å². The topological polar surface area (TPSA) is 61.4 Å². The third-order valence-electron chi connectivity index (χ3n) is 4.71. The Labute approximate surface area is 162 Å². The van der Waals surface area contributed by atoms with Gasteiger partial charge in [-0.15, -0.1) is 0 Å². The maximum absolute atomic E-state index is 13.5. The van der Waals surface area contributed by atoms with E-state index in [-0.39, 0.29) is 24.4 Å². The molecule has 28 heavy (non-hydrogen) atoms. The van der Waals surface area contributed by atoms with E-state index in [1.165, 1.54) is 18.5 Å². The van der Waals surface area contributed by atoms with Crippen molar-refractivity contribution in [1.82, 2.24) is 10.6 Å². The molecule has 5 nitrogen and oxygen atoms in total. The molecule has 1 fully saturated rings. The van der Waals surface area contributed by atoms with E-state index in [0.29, 0.717) is 12.6 Å². The summed E-state index contributed by atoms with van der Waals surface area (Å²) in [5.74, 6) is -2.58. The molecule has 2 N–H and O–H groups in total. The second-order valence-electron chi connectivity index (χ2n) is 6.77. The lowest BCUT2D eigenvalue weighted by Crippen LogP contribution is -2.31. The van der Waals surface area contributed by atoms with Gasteiger partial charge in [0.25, 0.3) is 5.91 Å². The lowest BCUT2D eigenvalue weighted by Gasteiger charge is -2.17. The van der Waals surface area contributed by atoms with Crippen molar-refractivity contribution >= 4 is 17.5 Å². The third-order valence-corrected chi connectivity index (χ3v) is 4.71. The molecule has 1 saturated heterocycles. The van der Waals surface area contributed by atoms with Crippen LogP contribution in [0.5, 0.6) is 0 Å². The standard InChI is InChI=1S/C21H23F2N3O2/c22-16-5-8-18(19(23)13-16)21(28)24-10-9-20(27)25-14-15-3-6-17(7-4-15)26-11-1-2-12-26/h3-8,13H,1-2,9-12,14H2,(H,24,28)(H,25,27). The number of carbonyl (C=O) groups is 2. The minimum atomic E-state index is -0.931. The monoisotopic (exact) mass is 387 g/mol. The van der Waals surface area contributed by atoms with Crippen LogP contribution >= 0.6 is 0 Å². The maximum atomic E-state index is 13.5. The van der Waals surface area contributed by atoms with Crippen LogP contribution in [0.25, 0.3) is 0 Å². The normalized spacial score (nSPS) is 13.4. The van der Waals surface area contributed by atoms with E-state index in [0.717, 1.165) is 30.8 Å². The van der Waals surface area contributed by atoms with E-state index in [4.69, 9.17) is 0 Å². The molecule has 1 aliphatic heterocycles. The van der Waals surface area contributed by atoms with Crippen molar-refractivity contribution in [2.75, 3.05) is 24.5 Å². The zero-order valence-electron chi connectivity index (χ0n) is 15.5. The molecule has 148 valence electrons. The fraction of sp³-hybridized carbons (Fsp3) is 0.333. The first-order valence-electron chi connectivity index (χ1n) is 9.37. The Kier molecular flexibility index (Phi) is 6.57. The Morgan fingerprint density at radius 3 is 2.36 bits per heavy atom. The van der Waals surface area contributed by atoms with Crippen LogP contribution in [0.15, 0.2) is 42.5 Å². The molecule has 0 aliphatic carbocycles. The second kappa shape index (κ2) is 9.30. The molecule has 2 aromatic rings. The van der Waals surface area contributed by atoms with Crippen LogP contribution in [0.3, 0.4) is 0 Å². The van der Waals surface area contributed by atoms with E-state index in [2.05, 4.69) is 27.7 Å². The summed E-state index contributed by atoms with van der Waals surface area (Å²) in [5, 5.41) is 5.25. The summed E-state index contributed by atoms with van der Waals surface area (Å²) < 4.78 is 26.4. The van der Waals surface area contributed by atoms with E-state index in [1.54, 1.807) is 0 Å². The van der Waals surface area contributed by atoms with Crippen molar-refractivity contribution in [3.63, 3.8) is 0 Å². The van der Waals surface area contributed by atoms with Gasteiger partial charge in [0.15, 0.2) is 0 Å². The number of amides is 2. The Morgan fingerprint density at radius 1 is 0.964 bits per heavy atom. The van der Waals surface area contributed by atoms with Crippen LogP contribution in [0.4, 0.5) is 14.5 Å². The van der Waals surface area contributed by atoms with Gasteiger partial charge in [-0.25, -0.2) is 8.78 Å². The van der Waals surface area contributed by atoms with Crippen LogP contribution in [-0.4, -0.2) is 31.4 Å². The van der Waals surface area contributed by atoms with Crippen LogP contribution in [0.2, 0.25) is 0 Å². The molecule has 0 saturated carbocycles. The number of nitrogens with one attached hydrogen (secondary N) is 2. The molecule has 1 heterocycles. The Hall–Kier alpha value is -2.96. The van der Waals surface area contributed by atoms with E-state index in [9.17, 15) is 18.4 Å². The molecule has 0 spiro atoms. The summed E-state index contributed by atoms with van der Waals surface area (Å²) in [4.78, 5) is 26.1. The lowest BCUT2D eigenvalue weighted by molar-refractivity contribution is -0.121. The van der Waals surface area contributed by atoms with Gasteiger partial charge in [0.2, 0.25) is 5.91 Å². The SMILES string of the molecule is O=C(CCNC(=O)c1ccc(F)cc1F)NCc1ccc(N2CCCC2)cc1. The van der Waals surface area contributed by atoms with E-state index < -0.39 is 17.5 Å². The molecule has 2 aromatic carbocycles. The number of hydrogen-bond donors (Lipinski definition) is 2. The first-order valence-corrected chi connectivity index (χ1v) is 9.37. The first kappa shape index (κ1) is 19.8. The van der Waals surface area contributed by atoms with Crippen molar-refractivity contribution in [2.24, 2.45) is 0 Å². The number of benzene rings is 2. The highest BCUT2D eigenvalue weighted by Gasteiger charge is 2.13. The molecular formula is C21H23F2N3O2. The van der Waals surface area contributed by atoms with Crippen molar-refractivity contribution in [3.8, 4) is 0 Å². The highest BCUT2D eigenvalue weighted by Crippen LogP contribution is 2.20. The molecule has 0 aromatic heterocycles. The average molecular weight is 387 g/mol. The van der Waals surface area contributed by atoms with Gasteiger partial charge in [0.05, 0.1) is 5.56 Å². The highest BCUT2D eigenvalue weighted by atomic mass is 19.1. The summed E-state index contributed by atoms with van der Waals surface area (Å²) in [6, 6.07) is 10.8. The van der Waals surface area contributed by atoms with Gasteiger partial charge in [-0.3, -0.25) is 9.59 Å². The number of hydrogen-bond acceptors (Lipinski definition) is 3. The van der Waals surface area contributed by atoms with Crippen LogP contribution in [0, 0.1) is 11.6 Å². The Morgan fingerprint density at radius 2 is 1.68 bits per heavy atom. The lowest BCUT2D eigenvalue weighted by atomic mass is 10.2.